The third-order valence-electron chi connectivity index (χ3n) is 2.95. The van der Waals surface area contributed by atoms with Crippen LogP contribution < -0.4 is 5.32 Å². The molecule has 1 rings (SSSR count). The van der Waals surface area contributed by atoms with Crippen molar-refractivity contribution < 1.29 is 4.79 Å². The quantitative estimate of drug-likeness (QED) is 0.844. The molecule has 1 heterocycles. The van der Waals surface area contributed by atoms with Crippen LogP contribution in [0.4, 0.5) is 0 Å². The fourth-order valence-corrected chi connectivity index (χ4v) is 2.48. The summed E-state index contributed by atoms with van der Waals surface area (Å²) in [5.41, 5.74) is 1.38. The molecule has 0 unspecified atom stereocenters. The van der Waals surface area contributed by atoms with Crippen molar-refractivity contribution in [1.29, 1.82) is 0 Å². The first-order chi connectivity index (χ1) is 8.06. The molecule has 1 aromatic heterocycles. The van der Waals surface area contributed by atoms with E-state index in [9.17, 15) is 4.79 Å². The predicted octanol–water partition coefficient (Wildman–Crippen LogP) is 2.27. The van der Waals surface area contributed by atoms with Crippen LogP contribution in [0.1, 0.15) is 31.2 Å². The van der Waals surface area contributed by atoms with E-state index in [1.165, 1.54) is 10.4 Å². The van der Waals surface area contributed by atoms with Gasteiger partial charge in [-0.2, -0.15) is 0 Å². The zero-order valence-corrected chi connectivity index (χ0v) is 11.9. The van der Waals surface area contributed by atoms with Gasteiger partial charge < -0.3 is 10.2 Å². The minimum atomic E-state index is 0.148. The number of likely N-dealkylation sites (N-methyl/N-ethyl adjacent to an activating group) is 1. The Hall–Kier alpha value is -0.870. The molecule has 0 aliphatic carbocycles. The Morgan fingerprint density at radius 3 is 2.82 bits per heavy atom. The summed E-state index contributed by atoms with van der Waals surface area (Å²) < 4.78 is 0. The Labute approximate surface area is 108 Å². The summed E-state index contributed by atoms with van der Waals surface area (Å²) in [5.74, 6) is 0.148. The van der Waals surface area contributed by atoms with Gasteiger partial charge in [-0.25, -0.2) is 0 Å². The molecule has 0 aliphatic heterocycles. The van der Waals surface area contributed by atoms with Crippen molar-refractivity contribution in [3.63, 3.8) is 0 Å². The van der Waals surface area contributed by atoms with E-state index in [4.69, 9.17) is 0 Å². The van der Waals surface area contributed by atoms with E-state index >= 15 is 0 Å². The molecule has 1 aromatic rings. The lowest BCUT2D eigenvalue weighted by atomic mass is 10.2. The molecule has 1 amide bonds. The van der Waals surface area contributed by atoms with E-state index in [-0.39, 0.29) is 11.9 Å². The van der Waals surface area contributed by atoms with Gasteiger partial charge in [-0.1, -0.05) is 6.92 Å². The maximum absolute atomic E-state index is 11.7. The van der Waals surface area contributed by atoms with Gasteiger partial charge in [0.1, 0.15) is 0 Å². The third kappa shape index (κ3) is 4.13. The average molecular weight is 254 g/mol. The number of carbonyl (C=O) groups excluding carboxylic acids is 1. The SMILES string of the molecule is CCc1ccsc1CNCC(=O)N(C)C(C)C. The Kier molecular flexibility index (Phi) is 5.65. The van der Waals surface area contributed by atoms with Gasteiger partial charge in [0.05, 0.1) is 6.54 Å². The topological polar surface area (TPSA) is 32.3 Å². The molecule has 0 saturated carbocycles. The van der Waals surface area contributed by atoms with Gasteiger partial charge in [-0.3, -0.25) is 4.79 Å². The highest BCUT2D eigenvalue weighted by Crippen LogP contribution is 2.16. The van der Waals surface area contributed by atoms with Gasteiger partial charge >= 0.3 is 0 Å². The van der Waals surface area contributed by atoms with Crippen LogP contribution in [0.3, 0.4) is 0 Å². The largest absolute Gasteiger partial charge is 0.342 e. The molecule has 96 valence electrons. The molecule has 3 nitrogen and oxygen atoms in total. The van der Waals surface area contributed by atoms with Crippen molar-refractivity contribution in [2.75, 3.05) is 13.6 Å². The van der Waals surface area contributed by atoms with Crippen LogP contribution in [0.25, 0.3) is 0 Å². The number of amides is 1. The fraction of sp³-hybridized carbons (Fsp3) is 0.615. The van der Waals surface area contributed by atoms with Crippen LogP contribution in [0.15, 0.2) is 11.4 Å². The Bertz CT molecular complexity index is 360. The number of rotatable bonds is 6. The zero-order chi connectivity index (χ0) is 12.8. The first-order valence-electron chi connectivity index (χ1n) is 6.07. The number of nitrogens with one attached hydrogen (secondary N) is 1. The second kappa shape index (κ2) is 6.77. The summed E-state index contributed by atoms with van der Waals surface area (Å²) in [7, 11) is 1.84. The molecule has 0 aromatic carbocycles. The van der Waals surface area contributed by atoms with Gasteiger partial charge in [-0.15, -0.1) is 11.3 Å². The summed E-state index contributed by atoms with van der Waals surface area (Å²) in [5, 5.41) is 5.33. The lowest BCUT2D eigenvalue weighted by Crippen LogP contribution is -2.39. The number of thiophene rings is 1. The molecule has 0 bridgehead atoms. The third-order valence-corrected chi connectivity index (χ3v) is 3.91. The molecule has 0 spiro atoms. The minimum absolute atomic E-state index is 0.148. The van der Waals surface area contributed by atoms with Gasteiger partial charge in [0.2, 0.25) is 5.91 Å². The molecule has 0 aliphatic rings. The van der Waals surface area contributed by atoms with E-state index in [1.54, 1.807) is 16.2 Å². The van der Waals surface area contributed by atoms with Crippen LogP contribution >= 0.6 is 11.3 Å². The van der Waals surface area contributed by atoms with E-state index in [2.05, 4.69) is 23.7 Å². The highest BCUT2D eigenvalue weighted by atomic mass is 32.1. The highest BCUT2D eigenvalue weighted by Gasteiger charge is 2.11. The molecule has 0 radical (unpaired) electrons. The van der Waals surface area contributed by atoms with Crippen molar-refractivity contribution in [2.24, 2.45) is 0 Å². The van der Waals surface area contributed by atoms with Crippen molar-refractivity contribution in [3.05, 3.63) is 21.9 Å². The van der Waals surface area contributed by atoms with Crippen LogP contribution in [-0.4, -0.2) is 30.4 Å². The van der Waals surface area contributed by atoms with Crippen LogP contribution in [0, 0.1) is 0 Å². The van der Waals surface area contributed by atoms with E-state index in [0.29, 0.717) is 6.54 Å². The number of nitrogens with zero attached hydrogens (tertiary/aromatic N) is 1. The smallest absolute Gasteiger partial charge is 0.236 e. The molecule has 17 heavy (non-hydrogen) atoms. The first-order valence-corrected chi connectivity index (χ1v) is 6.95. The Balaban J connectivity index is 2.35. The van der Waals surface area contributed by atoms with Crippen molar-refractivity contribution in [1.82, 2.24) is 10.2 Å². The normalized spacial score (nSPS) is 10.9. The van der Waals surface area contributed by atoms with Crippen molar-refractivity contribution in [3.8, 4) is 0 Å². The van der Waals surface area contributed by atoms with Crippen LogP contribution in [-0.2, 0) is 17.8 Å². The van der Waals surface area contributed by atoms with E-state index < -0.39 is 0 Å². The monoisotopic (exact) mass is 254 g/mol. The minimum Gasteiger partial charge on any atom is -0.342 e. The molecule has 0 saturated heterocycles. The molecule has 0 fully saturated rings. The van der Waals surface area contributed by atoms with Gasteiger partial charge in [0, 0.05) is 24.5 Å². The second-order valence-electron chi connectivity index (χ2n) is 4.42. The average Bonchev–Trinajstić information content (AvgIpc) is 2.75. The van der Waals surface area contributed by atoms with Gasteiger partial charge in [0.15, 0.2) is 0 Å². The standard InChI is InChI=1S/C13H22N2OS/c1-5-11-6-7-17-12(11)8-14-9-13(16)15(4)10(2)3/h6-7,10,14H,5,8-9H2,1-4H3. The molecular formula is C13H22N2OS. The van der Waals surface area contributed by atoms with E-state index in [0.717, 1.165) is 13.0 Å². The predicted molar refractivity (Wildman–Crippen MR) is 73.3 cm³/mol. The maximum Gasteiger partial charge on any atom is 0.236 e. The summed E-state index contributed by atoms with van der Waals surface area (Å²) in [6, 6.07) is 2.42. The molecular weight excluding hydrogens is 232 g/mol. The molecule has 4 heteroatoms. The summed E-state index contributed by atoms with van der Waals surface area (Å²) in [6.07, 6.45) is 1.06. The maximum atomic E-state index is 11.7. The number of hydrogen-bond acceptors (Lipinski definition) is 3. The summed E-state index contributed by atoms with van der Waals surface area (Å²) in [6.45, 7) is 7.40. The van der Waals surface area contributed by atoms with Crippen molar-refractivity contribution >= 4 is 17.2 Å². The molecule has 1 N–H and O–H groups in total. The Morgan fingerprint density at radius 1 is 1.53 bits per heavy atom. The van der Waals surface area contributed by atoms with E-state index in [1.807, 2.05) is 20.9 Å². The molecule has 0 atom stereocenters. The van der Waals surface area contributed by atoms with Crippen LogP contribution in [0.5, 0.6) is 0 Å². The number of aryl methyl sites for hydroxylation is 1. The van der Waals surface area contributed by atoms with Crippen LogP contribution in [0.2, 0.25) is 0 Å². The summed E-state index contributed by atoms with van der Waals surface area (Å²) >= 11 is 1.75. The van der Waals surface area contributed by atoms with Crippen molar-refractivity contribution in [2.45, 2.75) is 39.8 Å². The number of hydrogen-bond donors (Lipinski definition) is 1. The fourth-order valence-electron chi connectivity index (χ4n) is 1.53. The lowest BCUT2D eigenvalue weighted by molar-refractivity contribution is -0.130. The zero-order valence-electron chi connectivity index (χ0n) is 11.1. The first kappa shape index (κ1) is 14.2. The number of carbonyl (C=O) groups is 1. The highest BCUT2D eigenvalue weighted by molar-refractivity contribution is 7.10. The summed E-state index contributed by atoms with van der Waals surface area (Å²) in [4.78, 5) is 14.8. The van der Waals surface area contributed by atoms with Gasteiger partial charge in [-0.05, 0) is 37.3 Å². The lowest BCUT2D eigenvalue weighted by Gasteiger charge is -2.21. The Morgan fingerprint density at radius 2 is 2.24 bits per heavy atom. The second-order valence-corrected chi connectivity index (χ2v) is 5.43. The van der Waals surface area contributed by atoms with Gasteiger partial charge in [0.25, 0.3) is 0 Å².